The molecule has 44 heavy (non-hydrogen) atoms. The Morgan fingerprint density at radius 3 is 2.32 bits per heavy atom. The lowest BCUT2D eigenvalue weighted by Gasteiger charge is -2.34. The molecule has 2 N–H and O–H groups in total. The second-order valence-electron chi connectivity index (χ2n) is 11.0. The number of aliphatic imine (C=N–C) groups is 1. The largest absolute Gasteiger partial charge is 0.419 e. The van der Waals surface area contributed by atoms with Crippen LogP contribution in [-0.2, 0) is 25.8 Å². The summed E-state index contributed by atoms with van der Waals surface area (Å²) in [6.07, 6.45) is -3.51. The van der Waals surface area contributed by atoms with Gasteiger partial charge >= 0.3 is 6.18 Å². The highest BCUT2D eigenvalue weighted by Gasteiger charge is 2.47. The highest BCUT2D eigenvalue weighted by molar-refractivity contribution is 7.92. The number of amides is 3. The Balaban J connectivity index is 1.28. The summed E-state index contributed by atoms with van der Waals surface area (Å²) in [4.78, 5) is 43.3. The summed E-state index contributed by atoms with van der Waals surface area (Å²) in [5, 5.41) is 6.19. The van der Waals surface area contributed by atoms with Gasteiger partial charge in [0.15, 0.2) is 0 Å². The number of aryl methyl sites for hydroxylation is 2. The lowest BCUT2D eigenvalue weighted by Crippen LogP contribution is -2.50. The molecule has 5 rings (SSSR count). The Bertz CT molecular complexity index is 1690. The van der Waals surface area contributed by atoms with Crippen LogP contribution in [0.15, 0.2) is 40.7 Å². The van der Waals surface area contributed by atoms with Crippen LogP contribution in [0.1, 0.15) is 51.0 Å². The second-order valence-corrected chi connectivity index (χ2v) is 12.8. The zero-order chi connectivity index (χ0) is 32.0. The van der Waals surface area contributed by atoms with Gasteiger partial charge in [-0.3, -0.25) is 19.4 Å². The monoisotopic (exact) mass is 635 g/mol. The van der Waals surface area contributed by atoms with Crippen LogP contribution in [-0.4, -0.2) is 79.4 Å². The van der Waals surface area contributed by atoms with E-state index in [9.17, 15) is 40.4 Å². The summed E-state index contributed by atoms with van der Waals surface area (Å²) >= 11 is 0. The summed E-state index contributed by atoms with van der Waals surface area (Å²) in [6, 6.07) is 5.61. The summed E-state index contributed by atoms with van der Waals surface area (Å²) in [7, 11) is -3.93. The number of hydrogen-bond acceptors (Lipinski definition) is 6. The van der Waals surface area contributed by atoms with E-state index in [-0.39, 0.29) is 55.7 Å². The van der Waals surface area contributed by atoms with Gasteiger partial charge in [-0.1, -0.05) is 0 Å². The van der Waals surface area contributed by atoms with Gasteiger partial charge in [-0.25, -0.2) is 12.8 Å². The van der Waals surface area contributed by atoms with Gasteiger partial charge in [-0.15, -0.1) is 0 Å². The molecule has 0 radical (unpaired) electrons. The minimum absolute atomic E-state index is 0.00782. The van der Waals surface area contributed by atoms with Crippen LogP contribution in [0.25, 0.3) is 6.08 Å². The standard InChI is InChI=1S/C29H29F4N5O5S/c1-17-13-20(26(40)37-11-8-34-24(39)16-37)14-18(2)21(17)5-12-44(42,43)38-9-6-28(7-10-38)27(41)35-25(36-28)19-3-4-23(30)22(15-19)29(31,32)33/h3-5,12-15H,6-11,16H2,1-2H3,(H,34,39)(H,35,36,41). The molecule has 0 aromatic heterocycles. The molecule has 0 saturated carbocycles. The van der Waals surface area contributed by atoms with Gasteiger partial charge in [0, 0.05) is 42.7 Å². The van der Waals surface area contributed by atoms with Gasteiger partial charge < -0.3 is 15.5 Å². The van der Waals surface area contributed by atoms with Crippen LogP contribution < -0.4 is 10.6 Å². The highest BCUT2D eigenvalue weighted by atomic mass is 32.2. The number of piperidine rings is 1. The number of nitrogens with zero attached hydrogens (tertiary/aromatic N) is 3. The first kappa shape index (κ1) is 31.3. The van der Waals surface area contributed by atoms with Crippen molar-refractivity contribution in [2.45, 2.75) is 38.4 Å². The number of halogens is 4. The van der Waals surface area contributed by atoms with Crippen LogP contribution in [0.3, 0.4) is 0 Å². The normalized spacial score (nSPS) is 19.3. The second kappa shape index (κ2) is 11.4. The van der Waals surface area contributed by atoms with E-state index in [1.54, 1.807) is 26.0 Å². The number of amidine groups is 1. The Kier molecular flexibility index (Phi) is 8.14. The molecule has 2 saturated heterocycles. The molecule has 2 aromatic rings. The molecular weight excluding hydrogens is 606 g/mol. The first-order valence-corrected chi connectivity index (χ1v) is 15.2. The Morgan fingerprint density at radius 1 is 1.05 bits per heavy atom. The van der Waals surface area contributed by atoms with Gasteiger partial charge in [-0.2, -0.15) is 17.5 Å². The van der Waals surface area contributed by atoms with Crippen molar-refractivity contribution in [2.75, 3.05) is 32.7 Å². The average Bonchev–Trinajstić information content (AvgIpc) is 3.26. The van der Waals surface area contributed by atoms with Crippen molar-refractivity contribution in [3.8, 4) is 0 Å². The van der Waals surface area contributed by atoms with E-state index in [1.807, 2.05) is 0 Å². The molecule has 10 nitrogen and oxygen atoms in total. The number of carbonyl (C=O) groups excluding carboxylic acids is 3. The zero-order valence-electron chi connectivity index (χ0n) is 23.8. The molecule has 3 aliphatic heterocycles. The van der Waals surface area contributed by atoms with Gasteiger partial charge in [0.05, 0.1) is 12.1 Å². The maximum Gasteiger partial charge on any atom is 0.419 e. The number of benzene rings is 2. The fourth-order valence-electron chi connectivity index (χ4n) is 5.59. The topological polar surface area (TPSA) is 128 Å². The van der Waals surface area contributed by atoms with Crippen molar-refractivity contribution in [3.05, 3.63) is 74.9 Å². The maximum atomic E-state index is 13.7. The molecule has 3 aliphatic rings. The molecule has 234 valence electrons. The van der Waals surface area contributed by atoms with E-state index in [0.717, 1.165) is 11.5 Å². The van der Waals surface area contributed by atoms with Crippen LogP contribution in [0.2, 0.25) is 0 Å². The minimum atomic E-state index is -4.93. The van der Waals surface area contributed by atoms with Crippen molar-refractivity contribution in [2.24, 2.45) is 4.99 Å². The maximum absolute atomic E-state index is 13.7. The molecule has 0 unspecified atom stereocenters. The molecular formula is C29H29F4N5O5S. The van der Waals surface area contributed by atoms with Crippen LogP contribution in [0, 0.1) is 19.7 Å². The first-order chi connectivity index (χ1) is 20.6. The highest BCUT2D eigenvalue weighted by Crippen LogP contribution is 2.35. The van der Waals surface area contributed by atoms with Crippen molar-refractivity contribution in [1.29, 1.82) is 0 Å². The fraction of sp³-hybridized carbons (Fsp3) is 0.379. The van der Waals surface area contributed by atoms with E-state index >= 15 is 0 Å². The Labute approximate surface area is 250 Å². The Hall–Kier alpha value is -4.11. The van der Waals surface area contributed by atoms with E-state index < -0.39 is 39.0 Å². The lowest BCUT2D eigenvalue weighted by atomic mass is 9.89. The van der Waals surface area contributed by atoms with E-state index in [2.05, 4.69) is 15.6 Å². The molecule has 0 bridgehead atoms. The predicted octanol–water partition coefficient (Wildman–Crippen LogP) is 2.75. The molecule has 0 atom stereocenters. The van der Waals surface area contributed by atoms with Crippen molar-refractivity contribution >= 4 is 39.7 Å². The third-order valence-corrected chi connectivity index (χ3v) is 9.57. The van der Waals surface area contributed by atoms with Gasteiger partial charge in [0.1, 0.15) is 17.2 Å². The molecule has 3 heterocycles. The van der Waals surface area contributed by atoms with E-state index in [1.165, 1.54) is 15.3 Å². The van der Waals surface area contributed by atoms with Gasteiger partial charge in [0.2, 0.25) is 15.9 Å². The van der Waals surface area contributed by atoms with E-state index in [4.69, 9.17) is 0 Å². The number of nitrogens with one attached hydrogen (secondary N) is 2. The van der Waals surface area contributed by atoms with Crippen LogP contribution in [0.4, 0.5) is 17.6 Å². The predicted molar refractivity (Wildman–Crippen MR) is 152 cm³/mol. The van der Waals surface area contributed by atoms with E-state index in [0.29, 0.717) is 47.5 Å². The molecule has 2 aromatic carbocycles. The van der Waals surface area contributed by atoms with Crippen molar-refractivity contribution < 1.29 is 40.4 Å². The molecule has 15 heteroatoms. The Morgan fingerprint density at radius 2 is 1.70 bits per heavy atom. The van der Waals surface area contributed by atoms with Gasteiger partial charge in [-0.05, 0) is 79.8 Å². The fourth-order valence-corrected chi connectivity index (χ4v) is 6.76. The third kappa shape index (κ3) is 6.11. The number of rotatable bonds is 5. The molecule has 2 fully saturated rings. The number of alkyl halides is 3. The van der Waals surface area contributed by atoms with Crippen LogP contribution >= 0.6 is 0 Å². The minimum Gasteiger partial charge on any atom is -0.353 e. The third-order valence-electron chi connectivity index (χ3n) is 8.01. The van der Waals surface area contributed by atoms with Gasteiger partial charge in [0.25, 0.3) is 11.8 Å². The number of carbonyl (C=O) groups is 3. The number of piperazine rings is 1. The summed E-state index contributed by atoms with van der Waals surface area (Å²) < 4.78 is 80.8. The molecule has 1 spiro atoms. The van der Waals surface area contributed by atoms with Crippen LogP contribution in [0.5, 0.6) is 0 Å². The SMILES string of the molecule is Cc1cc(C(=O)N2CCNC(=O)C2)cc(C)c1C=CS(=O)(=O)N1CCC2(CC1)N=C(c1ccc(F)c(C(F)(F)F)c1)NC2=O. The zero-order valence-corrected chi connectivity index (χ0v) is 24.6. The average molecular weight is 636 g/mol. The quantitative estimate of drug-likeness (QED) is 0.489. The molecule has 0 aliphatic carbocycles. The summed E-state index contributed by atoms with van der Waals surface area (Å²) in [6.45, 7) is 4.08. The first-order valence-electron chi connectivity index (χ1n) is 13.7. The summed E-state index contributed by atoms with van der Waals surface area (Å²) in [5.41, 5.74) is -0.624. The van der Waals surface area contributed by atoms with Crippen molar-refractivity contribution in [3.63, 3.8) is 0 Å². The number of hydrogen-bond donors (Lipinski definition) is 2. The number of sulfonamides is 1. The van der Waals surface area contributed by atoms with Crippen molar-refractivity contribution in [1.82, 2.24) is 19.8 Å². The lowest BCUT2D eigenvalue weighted by molar-refractivity contribution is -0.140. The molecule has 3 amide bonds. The smallest absolute Gasteiger partial charge is 0.353 e. The summed E-state index contributed by atoms with van der Waals surface area (Å²) in [5.74, 6) is -2.68.